The van der Waals surface area contributed by atoms with Crippen LogP contribution in [0.4, 0.5) is 0 Å². The van der Waals surface area contributed by atoms with Gasteiger partial charge in [0.15, 0.2) is 0 Å². The normalized spacial score (nSPS) is 19.3. The maximum absolute atomic E-state index is 12.0. The van der Waals surface area contributed by atoms with Crippen LogP contribution in [-0.2, 0) is 9.59 Å². The third-order valence-electron chi connectivity index (χ3n) is 3.55. The first-order chi connectivity index (χ1) is 9.17. The van der Waals surface area contributed by atoms with Crippen molar-refractivity contribution in [1.82, 2.24) is 15.5 Å². The summed E-state index contributed by atoms with van der Waals surface area (Å²) in [6.45, 7) is 4.41. The van der Waals surface area contributed by atoms with Crippen LogP contribution < -0.4 is 10.6 Å². The average molecular weight is 269 g/mol. The Morgan fingerprint density at radius 1 is 1.32 bits per heavy atom. The van der Waals surface area contributed by atoms with Crippen molar-refractivity contribution in [3.8, 4) is 0 Å². The van der Waals surface area contributed by atoms with Crippen LogP contribution in [0.15, 0.2) is 0 Å². The molecule has 1 aliphatic heterocycles. The molecule has 0 saturated carbocycles. The lowest BCUT2D eigenvalue weighted by Crippen LogP contribution is -2.46. The third-order valence-corrected chi connectivity index (χ3v) is 3.55. The number of carbonyl (C=O) groups excluding carboxylic acids is 2. The molecule has 1 rings (SSSR count). The van der Waals surface area contributed by atoms with Crippen LogP contribution in [0.2, 0.25) is 0 Å². The van der Waals surface area contributed by atoms with Crippen LogP contribution in [0, 0.1) is 0 Å². The van der Waals surface area contributed by atoms with Crippen molar-refractivity contribution in [1.29, 1.82) is 0 Å². The fourth-order valence-corrected chi connectivity index (χ4v) is 2.35. The minimum Gasteiger partial charge on any atom is -0.356 e. The van der Waals surface area contributed by atoms with E-state index in [1.807, 2.05) is 18.9 Å². The largest absolute Gasteiger partial charge is 0.356 e. The Kier molecular flexibility index (Phi) is 7.48. The van der Waals surface area contributed by atoms with Gasteiger partial charge in [-0.2, -0.15) is 0 Å². The molecule has 5 heteroatoms. The molecule has 1 saturated heterocycles. The van der Waals surface area contributed by atoms with Gasteiger partial charge in [0.1, 0.15) is 0 Å². The van der Waals surface area contributed by atoms with Crippen molar-refractivity contribution < 1.29 is 9.59 Å². The zero-order chi connectivity index (χ0) is 14.1. The van der Waals surface area contributed by atoms with Crippen molar-refractivity contribution >= 4 is 11.8 Å². The molecule has 2 N–H and O–H groups in total. The van der Waals surface area contributed by atoms with Gasteiger partial charge in [-0.1, -0.05) is 6.92 Å². The molecule has 1 heterocycles. The summed E-state index contributed by atoms with van der Waals surface area (Å²) in [5.74, 6) is 0.240. The number of rotatable bonds is 7. The van der Waals surface area contributed by atoms with Crippen molar-refractivity contribution in [2.24, 2.45) is 0 Å². The lowest BCUT2D eigenvalue weighted by atomic mass is 10.1. The van der Waals surface area contributed by atoms with Crippen LogP contribution in [0.1, 0.15) is 45.4 Å². The van der Waals surface area contributed by atoms with Gasteiger partial charge in [-0.05, 0) is 32.7 Å². The highest BCUT2D eigenvalue weighted by Gasteiger charge is 2.22. The lowest BCUT2D eigenvalue weighted by Gasteiger charge is -2.32. The number of hydrogen-bond acceptors (Lipinski definition) is 3. The second-order valence-corrected chi connectivity index (χ2v) is 5.17. The Morgan fingerprint density at radius 2 is 2.11 bits per heavy atom. The van der Waals surface area contributed by atoms with Gasteiger partial charge in [0.05, 0.1) is 0 Å². The fraction of sp³-hybridized carbons (Fsp3) is 0.857. The van der Waals surface area contributed by atoms with Gasteiger partial charge in [-0.15, -0.1) is 0 Å². The predicted octanol–water partition coefficient (Wildman–Crippen LogP) is 0.893. The number of piperidine rings is 1. The number of nitrogens with zero attached hydrogens (tertiary/aromatic N) is 1. The Bertz CT molecular complexity index is 294. The van der Waals surface area contributed by atoms with Crippen molar-refractivity contribution in [2.75, 3.05) is 26.7 Å². The van der Waals surface area contributed by atoms with E-state index in [4.69, 9.17) is 0 Å². The lowest BCUT2D eigenvalue weighted by molar-refractivity contribution is -0.132. The summed E-state index contributed by atoms with van der Waals surface area (Å²) in [5.41, 5.74) is 0. The maximum atomic E-state index is 12.0. The first kappa shape index (κ1) is 16.0. The standard InChI is InChI=1S/C14H27N3O2/c1-3-9-16-13(18)7-4-8-14(19)17-10-5-6-12(11-17)15-2/h12,15H,3-11H2,1-2H3,(H,16,18). The maximum Gasteiger partial charge on any atom is 0.222 e. The summed E-state index contributed by atoms with van der Waals surface area (Å²) in [6.07, 6.45) is 4.73. The van der Waals surface area contributed by atoms with Crippen molar-refractivity contribution in [2.45, 2.75) is 51.5 Å². The summed E-state index contributed by atoms with van der Waals surface area (Å²) in [6, 6.07) is 0.422. The Labute approximate surface area is 116 Å². The first-order valence-electron chi connectivity index (χ1n) is 7.39. The van der Waals surface area contributed by atoms with Crippen molar-refractivity contribution in [3.05, 3.63) is 0 Å². The molecule has 2 amide bonds. The molecule has 0 aromatic carbocycles. The Hall–Kier alpha value is -1.10. The van der Waals surface area contributed by atoms with E-state index in [9.17, 15) is 9.59 Å². The van der Waals surface area contributed by atoms with Crippen LogP contribution in [0.3, 0.4) is 0 Å². The van der Waals surface area contributed by atoms with Crippen LogP contribution in [0.5, 0.6) is 0 Å². The highest BCUT2D eigenvalue weighted by atomic mass is 16.2. The van der Waals surface area contributed by atoms with Gasteiger partial charge in [0.25, 0.3) is 0 Å². The van der Waals surface area contributed by atoms with Gasteiger partial charge in [0, 0.05) is 38.5 Å². The monoisotopic (exact) mass is 269 g/mol. The molecule has 0 aromatic rings. The smallest absolute Gasteiger partial charge is 0.222 e. The predicted molar refractivity (Wildman–Crippen MR) is 75.8 cm³/mol. The molecule has 0 spiro atoms. The molecule has 0 aliphatic carbocycles. The molecule has 110 valence electrons. The van der Waals surface area contributed by atoms with E-state index in [1.165, 1.54) is 0 Å². The molecule has 1 unspecified atom stereocenters. The van der Waals surface area contributed by atoms with Gasteiger partial charge >= 0.3 is 0 Å². The van der Waals surface area contributed by atoms with Crippen LogP contribution in [-0.4, -0.2) is 49.4 Å². The molecule has 5 nitrogen and oxygen atoms in total. The average Bonchev–Trinajstić information content (AvgIpc) is 2.45. The molecular formula is C14H27N3O2. The number of amides is 2. The summed E-state index contributed by atoms with van der Waals surface area (Å²) in [4.78, 5) is 25.4. The first-order valence-corrected chi connectivity index (χ1v) is 7.39. The van der Waals surface area contributed by atoms with Crippen LogP contribution >= 0.6 is 0 Å². The number of carbonyl (C=O) groups is 2. The highest BCUT2D eigenvalue weighted by molar-refractivity contribution is 5.79. The van der Waals surface area contributed by atoms with Crippen LogP contribution in [0.25, 0.3) is 0 Å². The minimum atomic E-state index is 0.0568. The van der Waals surface area contributed by atoms with E-state index in [-0.39, 0.29) is 11.8 Å². The van der Waals surface area contributed by atoms with E-state index in [0.29, 0.717) is 25.3 Å². The topological polar surface area (TPSA) is 61.4 Å². The fourth-order valence-electron chi connectivity index (χ4n) is 2.35. The summed E-state index contributed by atoms with van der Waals surface area (Å²) in [7, 11) is 1.94. The summed E-state index contributed by atoms with van der Waals surface area (Å²) in [5, 5.41) is 6.06. The SMILES string of the molecule is CCCNC(=O)CCCC(=O)N1CCCC(NC)C1. The third kappa shape index (κ3) is 6.05. The molecule has 0 radical (unpaired) electrons. The molecule has 19 heavy (non-hydrogen) atoms. The van der Waals surface area contributed by atoms with E-state index >= 15 is 0 Å². The quantitative estimate of drug-likeness (QED) is 0.721. The number of likely N-dealkylation sites (tertiary alicyclic amines) is 1. The molecule has 0 bridgehead atoms. The summed E-state index contributed by atoms with van der Waals surface area (Å²) >= 11 is 0. The number of hydrogen-bond donors (Lipinski definition) is 2. The zero-order valence-electron chi connectivity index (χ0n) is 12.2. The molecule has 0 aromatic heterocycles. The Balaban J connectivity index is 2.18. The second-order valence-electron chi connectivity index (χ2n) is 5.17. The van der Waals surface area contributed by atoms with Gasteiger partial charge in [0.2, 0.25) is 11.8 Å². The highest BCUT2D eigenvalue weighted by Crippen LogP contribution is 2.12. The second kappa shape index (κ2) is 8.91. The Morgan fingerprint density at radius 3 is 2.79 bits per heavy atom. The van der Waals surface area contributed by atoms with Gasteiger partial charge in [-0.3, -0.25) is 9.59 Å². The van der Waals surface area contributed by atoms with E-state index < -0.39 is 0 Å². The number of nitrogens with one attached hydrogen (secondary N) is 2. The molecule has 1 atom stereocenters. The zero-order valence-corrected chi connectivity index (χ0v) is 12.2. The van der Waals surface area contributed by atoms with Crippen molar-refractivity contribution in [3.63, 3.8) is 0 Å². The molecule has 1 fully saturated rings. The molecule has 1 aliphatic rings. The van der Waals surface area contributed by atoms with Gasteiger partial charge in [-0.25, -0.2) is 0 Å². The molecular weight excluding hydrogens is 242 g/mol. The minimum absolute atomic E-state index is 0.0568. The van der Waals surface area contributed by atoms with E-state index in [1.54, 1.807) is 0 Å². The van der Waals surface area contributed by atoms with Gasteiger partial charge < -0.3 is 15.5 Å². The summed E-state index contributed by atoms with van der Waals surface area (Å²) < 4.78 is 0. The van der Waals surface area contributed by atoms with E-state index in [2.05, 4.69) is 10.6 Å². The van der Waals surface area contributed by atoms with E-state index in [0.717, 1.165) is 38.9 Å². The number of likely N-dealkylation sites (N-methyl/N-ethyl adjacent to an activating group) is 1.